The van der Waals surface area contributed by atoms with Crippen LogP contribution in [0.4, 0.5) is 0 Å². The molecule has 0 aliphatic carbocycles. The second kappa shape index (κ2) is 3.73. The largest absolute Gasteiger partial charge is 0.360 e. The molecule has 14 heavy (non-hydrogen) atoms. The zero-order valence-electron chi connectivity index (χ0n) is 8.06. The Morgan fingerprint density at radius 2 is 2.21 bits per heavy atom. The second-order valence-corrected chi connectivity index (χ2v) is 7.14. The normalized spacial score (nSPS) is 31.8. The Balaban J connectivity index is 1.82. The minimum atomic E-state index is -2.72. The third-order valence-corrected chi connectivity index (χ3v) is 5.37. The van der Waals surface area contributed by atoms with Gasteiger partial charge in [-0.25, -0.2) is 8.42 Å². The number of amidine groups is 1. The Bertz CT molecular complexity index is 338. The van der Waals surface area contributed by atoms with Crippen LogP contribution in [0.15, 0.2) is 4.99 Å². The van der Waals surface area contributed by atoms with E-state index in [-0.39, 0.29) is 17.5 Å². The minimum absolute atomic E-state index is 0.0969. The molecule has 0 aromatic rings. The van der Waals surface area contributed by atoms with Crippen LogP contribution in [-0.4, -0.2) is 43.4 Å². The van der Waals surface area contributed by atoms with Gasteiger partial charge in [-0.3, -0.25) is 4.99 Å². The van der Waals surface area contributed by atoms with Gasteiger partial charge in [-0.05, 0) is 5.92 Å². The van der Waals surface area contributed by atoms with Crippen LogP contribution in [0.1, 0.15) is 6.92 Å². The van der Waals surface area contributed by atoms with Crippen molar-refractivity contribution in [3.05, 3.63) is 0 Å². The van der Waals surface area contributed by atoms with E-state index in [2.05, 4.69) is 17.2 Å². The van der Waals surface area contributed by atoms with Crippen LogP contribution in [0.3, 0.4) is 0 Å². The Labute approximate surface area is 88.5 Å². The van der Waals surface area contributed by atoms with Gasteiger partial charge in [-0.1, -0.05) is 18.7 Å². The van der Waals surface area contributed by atoms with Crippen LogP contribution in [0.2, 0.25) is 0 Å². The van der Waals surface area contributed by atoms with Crippen LogP contribution in [0.5, 0.6) is 0 Å². The topological polar surface area (TPSA) is 58.5 Å². The van der Waals surface area contributed by atoms with Crippen LogP contribution < -0.4 is 5.32 Å². The molecular formula is C8H14N2O2S2. The maximum Gasteiger partial charge on any atom is 0.156 e. The van der Waals surface area contributed by atoms with Gasteiger partial charge in [0.15, 0.2) is 15.0 Å². The molecule has 2 aliphatic rings. The number of thioether (sulfide) groups is 1. The van der Waals surface area contributed by atoms with E-state index in [1.54, 1.807) is 11.8 Å². The zero-order valence-corrected chi connectivity index (χ0v) is 9.70. The molecule has 4 nitrogen and oxygen atoms in total. The van der Waals surface area contributed by atoms with E-state index in [1.165, 1.54) is 0 Å². The van der Waals surface area contributed by atoms with Crippen molar-refractivity contribution in [2.75, 3.05) is 23.8 Å². The van der Waals surface area contributed by atoms with Gasteiger partial charge in [-0.2, -0.15) is 0 Å². The molecule has 2 heterocycles. The summed E-state index contributed by atoms with van der Waals surface area (Å²) in [5, 5.41) is 4.08. The summed E-state index contributed by atoms with van der Waals surface area (Å²) in [6, 6.07) is 0.0969. The van der Waals surface area contributed by atoms with Gasteiger partial charge in [-0.15, -0.1) is 0 Å². The number of sulfone groups is 1. The van der Waals surface area contributed by atoms with E-state index >= 15 is 0 Å². The van der Waals surface area contributed by atoms with Crippen molar-refractivity contribution in [3.8, 4) is 0 Å². The summed E-state index contributed by atoms with van der Waals surface area (Å²) in [5.41, 5.74) is 0. The third-order valence-electron chi connectivity index (χ3n) is 2.29. The molecule has 2 aliphatic heterocycles. The molecule has 1 unspecified atom stereocenters. The van der Waals surface area contributed by atoms with E-state index in [0.717, 1.165) is 17.5 Å². The van der Waals surface area contributed by atoms with Crippen LogP contribution in [0.25, 0.3) is 0 Å². The molecule has 1 atom stereocenters. The van der Waals surface area contributed by atoms with E-state index < -0.39 is 9.84 Å². The average Bonchev–Trinajstić information content (AvgIpc) is 2.06. The summed E-state index contributed by atoms with van der Waals surface area (Å²) in [5.74, 6) is 2.24. The SMILES string of the molecule is CC1CN=C(NC2CS(=O)(=O)C2)SC1. The second-order valence-electron chi connectivity index (χ2n) is 3.98. The van der Waals surface area contributed by atoms with E-state index in [4.69, 9.17) is 0 Å². The van der Waals surface area contributed by atoms with Gasteiger partial charge in [0.05, 0.1) is 17.5 Å². The Morgan fingerprint density at radius 3 is 2.71 bits per heavy atom. The highest BCUT2D eigenvalue weighted by atomic mass is 32.2. The monoisotopic (exact) mass is 234 g/mol. The lowest BCUT2D eigenvalue weighted by atomic mass is 10.2. The predicted molar refractivity (Wildman–Crippen MR) is 59.5 cm³/mol. The van der Waals surface area contributed by atoms with E-state index in [0.29, 0.717) is 5.92 Å². The van der Waals surface area contributed by atoms with Crippen molar-refractivity contribution in [2.24, 2.45) is 10.9 Å². The molecule has 0 bridgehead atoms. The highest BCUT2D eigenvalue weighted by molar-refractivity contribution is 8.13. The van der Waals surface area contributed by atoms with Crippen molar-refractivity contribution in [1.29, 1.82) is 0 Å². The fourth-order valence-electron chi connectivity index (χ4n) is 1.47. The molecule has 1 fully saturated rings. The number of nitrogens with one attached hydrogen (secondary N) is 1. The molecule has 0 aromatic carbocycles. The number of hydrogen-bond donors (Lipinski definition) is 1. The van der Waals surface area contributed by atoms with E-state index in [9.17, 15) is 8.42 Å². The number of nitrogens with zero attached hydrogens (tertiary/aromatic N) is 1. The maximum absolute atomic E-state index is 10.9. The van der Waals surface area contributed by atoms with Crippen molar-refractivity contribution < 1.29 is 8.42 Å². The van der Waals surface area contributed by atoms with Crippen molar-refractivity contribution in [3.63, 3.8) is 0 Å². The number of rotatable bonds is 1. The first-order chi connectivity index (χ1) is 6.55. The predicted octanol–water partition coefficient (Wildman–Crippen LogP) is 0.112. The van der Waals surface area contributed by atoms with Crippen LogP contribution in [0, 0.1) is 5.92 Å². The number of aliphatic imine (C=N–C) groups is 1. The molecule has 0 aromatic heterocycles. The summed E-state index contributed by atoms with van der Waals surface area (Å²) in [4.78, 5) is 4.35. The Morgan fingerprint density at radius 1 is 1.50 bits per heavy atom. The maximum atomic E-state index is 10.9. The van der Waals surface area contributed by atoms with Crippen LogP contribution in [-0.2, 0) is 9.84 Å². The molecule has 0 spiro atoms. The fraction of sp³-hybridized carbons (Fsp3) is 0.875. The first-order valence-corrected chi connectivity index (χ1v) is 7.50. The highest BCUT2D eigenvalue weighted by Gasteiger charge is 2.34. The minimum Gasteiger partial charge on any atom is -0.360 e. The lowest BCUT2D eigenvalue weighted by molar-refractivity contribution is 0.550. The summed E-state index contributed by atoms with van der Waals surface area (Å²) in [7, 11) is -2.72. The molecule has 0 saturated carbocycles. The van der Waals surface area contributed by atoms with Crippen molar-refractivity contribution in [1.82, 2.24) is 5.32 Å². The van der Waals surface area contributed by atoms with Crippen molar-refractivity contribution >= 4 is 26.8 Å². The van der Waals surface area contributed by atoms with Gasteiger partial charge in [0.1, 0.15) is 0 Å². The molecule has 0 amide bonds. The summed E-state index contributed by atoms with van der Waals surface area (Å²) in [6.07, 6.45) is 0. The quantitative estimate of drug-likeness (QED) is 0.700. The third kappa shape index (κ3) is 2.42. The van der Waals surface area contributed by atoms with Crippen molar-refractivity contribution in [2.45, 2.75) is 13.0 Å². The molecular weight excluding hydrogens is 220 g/mol. The first-order valence-electron chi connectivity index (χ1n) is 4.69. The molecule has 1 N–H and O–H groups in total. The summed E-state index contributed by atoms with van der Waals surface area (Å²) < 4.78 is 21.8. The van der Waals surface area contributed by atoms with Gasteiger partial charge < -0.3 is 5.32 Å². The zero-order chi connectivity index (χ0) is 10.2. The molecule has 2 rings (SSSR count). The molecule has 0 radical (unpaired) electrons. The van der Waals surface area contributed by atoms with Gasteiger partial charge in [0.25, 0.3) is 0 Å². The molecule has 6 heteroatoms. The highest BCUT2D eigenvalue weighted by Crippen LogP contribution is 2.18. The lowest BCUT2D eigenvalue weighted by Gasteiger charge is -2.29. The fourth-order valence-corrected chi connectivity index (χ4v) is 3.73. The standard InChI is InChI=1S/C8H14N2O2S2/c1-6-2-9-8(13-3-6)10-7-4-14(11,12)5-7/h6-7H,2-5H2,1H3,(H,9,10). The Hall–Kier alpha value is -0.230. The first kappa shape index (κ1) is 10.3. The summed E-state index contributed by atoms with van der Waals surface area (Å²) >= 11 is 1.69. The average molecular weight is 234 g/mol. The number of hydrogen-bond acceptors (Lipinski definition) is 5. The molecule has 80 valence electrons. The van der Waals surface area contributed by atoms with Crippen LogP contribution >= 0.6 is 11.8 Å². The Kier molecular flexibility index (Phi) is 2.74. The van der Waals surface area contributed by atoms with Gasteiger partial charge >= 0.3 is 0 Å². The lowest BCUT2D eigenvalue weighted by Crippen LogP contribution is -2.52. The molecule has 1 saturated heterocycles. The smallest absolute Gasteiger partial charge is 0.156 e. The van der Waals surface area contributed by atoms with E-state index in [1.807, 2.05) is 0 Å². The van der Waals surface area contributed by atoms with Gasteiger partial charge in [0.2, 0.25) is 0 Å². The summed E-state index contributed by atoms with van der Waals surface area (Å²) in [6.45, 7) is 3.02. The van der Waals surface area contributed by atoms with Gasteiger partial charge in [0, 0.05) is 12.3 Å².